The molecule has 0 bridgehead atoms. The van der Waals surface area contributed by atoms with Crippen LogP contribution in [0, 0.1) is 6.92 Å². The number of methoxy groups -OCH3 is 1. The highest BCUT2D eigenvalue weighted by atomic mass is 16.5. The van der Waals surface area contributed by atoms with E-state index in [-0.39, 0.29) is 11.8 Å². The number of piperidine rings is 1. The van der Waals surface area contributed by atoms with Gasteiger partial charge in [0.25, 0.3) is 11.8 Å². The van der Waals surface area contributed by atoms with E-state index in [0.29, 0.717) is 28.5 Å². The van der Waals surface area contributed by atoms with Gasteiger partial charge in [0, 0.05) is 24.3 Å². The lowest BCUT2D eigenvalue weighted by molar-refractivity contribution is 0.0712. The van der Waals surface area contributed by atoms with Crippen LogP contribution >= 0.6 is 0 Å². The minimum atomic E-state index is -0.264. The van der Waals surface area contributed by atoms with Gasteiger partial charge in [0.05, 0.1) is 12.7 Å². The molecule has 1 N–H and O–H groups in total. The Kier molecular flexibility index (Phi) is 7.31. The third-order valence-corrected chi connectivity index (χ3v) is 6.73. The van der Waals surface area contributed by atoms with E-state index in [1.54, 1.807) is 31.4 Å². The second kappa shape index (κ2) is 10.6. The molecular weight excluding hydrogens is 424 g/mol. The number of hydrogen-bond donors (Lipinski definition) is 1. The average molecular weight is 457 g/mol. The molecule has 1 aliphatic rings. The van der Waals surface area contributed by atoms with Crippen LogP contribution in [0.1, 0.15) is 63.1 Å². The van der Waals surface area contributed by atoms with Crippen molar-refractivity contribution in [2.45, 2.75) is 39.0 Å². The Labute approximate surface area is 201 Å². The average Bonchev–Trinajstić information content (AvgIpc) is 2.89. The number of para-hydroxylation sites is 1. The van der Waals surface area contributed by atoms with Gasteiger partial charge in [-0.05, 0) is 73.1 Å². The number of anilines is 1. The third kappa shape index (κ3) is 5.14. The van der Waals surface area contributed by atoms with Crippen molar-refractivity contribution < 1.29 is 14.3 Å². The van der Waals surface area contributed by atoms with Crippen molar-refractivity contribution in [2.75, 3.05) is 25.5 Å². The summed E-state index contributed by atoms with van der Waals surface area (Å²) in [7, 11) is 1.54. The lowest BCUT2D eigenvalue weighted by atomic mass is 9.88. The highest BCUT2D eigenvalue weighted by molar-refractivity contribution is 6.07. The maximum absolute atomic E-state index is 13.2. The van der Waals surface area contributed by atoms with Crippen molar-refractivity contribution in [1.29, 1.82) is 0 Å². The standard InChI is InChI=1S/C29H32N2O3/c1-4-21-10-13-22(14-11-21)23-15-17-31(18-16-23)29(33)24-12-9-20(2)26(19-24)30-28(32)25-7-5-6-8-27(25)34-3/h5-14,19,23H,4,15-18H2,1-3H3,(H,30,32). The van der Waals surface area contributed by atoms with Crippen LogP contribution in [0.2, 0.25) is 0 Å². The summed E-state index contributed by atoms with van der Waals surface area (Å²) >= 11 is 0. The molecule has 0 aromatic heterocycles. The molecule has 3 aromatic rings. The van der Waals surface area contributed by atoms with Gasteiger partial charge in [0.15, 0.2) is 0 Å². The van der Waals surface area contributed by atoms with Crippen molar-refractivity contribution >= 4 is 17.5 Å². The van der Waals surface area contributed by atoms with Gasteiger partial charge in [0.1, 0.15) is 5.75 Å². The van der Waals surface area contributed by atoms with E-state index < -0.39 is 0 Å². The second-order valence-electron chi connectivity index (χ2n) is 8.85. The van der Waals surface area contributed by atoms with E-state index in [2.05, 4.69) is 36.5 Å². The smallest absolute Gasteiger partial charge is 0.259 e. The number of nitrogens with zero attached hydrogens (tertiary/aromatic N) is 1. The normalized spacial score (nSPS) is 14.0. The number of carbonyl (C=O) groups excluding carboxylic acids is 2. The summed E-state index contributed by atoms with van der Waals surface area (Å²) in [6.07, 6.45) is 2.96. The number of ether oxygens (including phenoxy) is 1. The maximum Gasteiger partial charge on any atom is 0.259 e. The van der Waals surface area contributed by atoms with Crippen LogP contribution in [0.5, 0.6) is 5.75 Å². The van der Waals surface area contributed by atoms with E-state index >= 15 is 0 Å². The van der Waals surface area contributed by atoms with Gasteiger partial charge in [-0.2, -0.15) is 0 Å². The topological polar surface area (TPSA) is 58.6 Å². The van der Waals surface area contributed by atoms with Crippen LogP contribution < -0.4 is 10.1 Å². The summed E-state index contributed by atoms with van der Waals surface area (Å²) in [5.74, 6) is 0.744. The zero-order valence-electron chi connectivity index (χ0n) is 20.1. The first-order chi connectivity index (χ1) is 16.5. The van der Waals surface area contributed by atoms with Crippen LogP contribution in [0.25, 0.3) is 0 Å². The molecule has 3 aromatic carbocycles. The van der Waals surface area contributed by atoms with Crippen LogP contribution in [-0.4, -0.2) is 36.9 Å². The molecule has 176 valence electrons. The number of aryl methyl sites for hydroxylation is 2. The molecule has 34 heavy (non-hydrogen) atoms. The molecule has 5 nitrogen and oxygen atoms in total. The molecule has 2 amide bonds. The summed E-state index contributed by atoms with van der Waals surface area (Å²) in [5, 5.41) is 2.95. The molecule has 1 fully saturated rings. The fourth-order valence-corrected chi connectivity index (χ4v) is 4.54. The van der Waals surface area contributed by atoms with E-state index in [1.165, 1.54) is 11.1 Å². The molecule has 0 spiro atoms. The fraction of sp³-hybridized carbons (Fsp3) is 0.310. The lowest BCUT2D eigenvalue weighted by Crippen LogP contribution is -2.38. The van der Waals surface area contributed by atoms with Crippen molar-refractivity contribution in [3.05, 3.63) is 94.5 Å². The van der Waals surface area contributed by atoms with Gasteiger partial charge in [-0.25, -0.2) is 0 Å². The molecule has 0 aliphatic carbocycles. The Balaban J connectivity index is 1.43. The fourth-order valence-electron chi connectivity index (χ4n) is 4.54. The Hall–Kier alpha value is -3.60. The molecule has 0 saturated carbocycles. The highest BCUT2D eigenvalue weighted by Crippen LogP contribution is 2.29. The zero-order valence-corrected chi connectivity index (χ0v) is 20.1. The van der Waals surface area contributed by atoms with Crippen LogP contribution in [0.3, 0.4) is 0 Å². The van der Waals surface area contributed by atoms with Crippen molar-refractivity contribution in [1.82, 2.24) is 4.90 Å². The monoisotopic (exact) mass is 456 g/mol. The van der Waals surface area contributed by atoms with E-state index in [4.69, 9.17) is 4.74 Å². The number of rotatable bonds is 6. The maximum atomic E-state index is 13.2. The van der Waals surface area contributed by atoms with Crippen LogP contribution in [-0.2, 0) is 6.42 Å². The third-order valence-electron chi connectivity index (χ3n) is 6.73. The van der Waals surface area contributed by atoms with Crippen LogP contribution in [0.4, 0.5) is 5.69 Å². The van der Waals surface area contributed by atoms with Crippen molar-refractivity contribution in [3.8, 4) is 5.75 Å². The molecule has 1 aliphatic heterocycles. The number of amides is 2. The van der Waals surface area contributed by atoms with Crippen LogP contribution in [0.15, 0.2) is 66.7 Å². The highest BCUT2D eigenvalue weighted by Gasteiger charge is 2.25. The quantitative estimate of drug-likeness (QED) is 0.507. The molecule has 0 radical (unpaired) electrons. The number of nitrogens with one attached hydrogen (secondary N) is 1. The molecule has 4 rings (SSSR count). The predicted molar refractivity (Wildman–Crippen MR) is 136 cm³/mol. The predicted octanol–water partition coefficient (Wildman–Crippen LogP) is 5.84. The van der Waals surface area contributed by atoms with Crippen molar-refractivity contribution in [2.24, 2.45) is 0 Å². The molecule has 0 unspecified atom stereocenters. The number of likely N-dealkylation sites (tertiary alicyclic amines) is 1. The summed E-state index contributed by atoms with van der Waals surface area (Å²) in [6, 6.07) is 21.5. The Morgan fingerprint density at radius 2 is 1.71 bits per heavy atom. The van der Waals surface area contributed by atoms with Gasteiger partial charge in [-0.1, -0.05) is 49.4 Å². The molecule has 5 heteroatoms. The molecular formula is C29H32N2O3. The lowest BCUT2D eigenvalue weighted by Gasteiger charge is -2.32. The summed E-state index contributed by atoms with van der Waals surface area (Å²) in [4.78, 5) is 28.0. The summed E-state index contributed by atoms with van der Waals surface area (Å²) in [5.41, 5.74) is 5.29. The number of carbonyl (C=O) groups is 2. The molecule has 1 saturated heterocycles. The summed E-state index contributed by atoms with van der Waals surface area (Å²) < 4.78 is 5.31. The van der Waals surface area contributed by atoms with Gasteiger partial charge < -0.3 is 15.0 Å². The zero-order chi connectivity index (χ0) is 24.1. The van der Waals surface area contributed by atoms with Gasteiger partial charge in [0.2, 0.25) is 0 Å². The van der Waals surface area contributed by atoms with Gasteiger partial charge >= 0.3 is 0 Å². The number of hydrogen-bond acceptors (Lipinski definition) is 3. The second-order valence-corrected chi connectivity index (χ2v) is 8.85. The first-order valence-corrected chi connectivity index (χ1v) is 11.9. The van der Waals surface area contributed by atoms with Gasteiger partial charge in [-0.15, -0.1) is 0 Å². The summed E-state index contributed by atoms with van der Waals surface area (Å²) in [6.45, 7) is 5.55. The van der Waals surface area contributed by atoms with E-state index in [1.807, 2.05) is 30.0 Å². The Morgan fingerprint density at radius 3 is 2.38 bits per heavy atom. The number of benzene rings is 3. The van der Waals surface area contributed by atoms with Crippen molar-refractivity contribution in [3.63, 3.8) is 0 Å². The minimum Gasteiger partial charge on any atom is -0.496 e. The van der Waals surface area contributed by atoms with E-state index in [0.717, 1.165) is 37.9 Å². The SMILES string of the molecule is CCc1ccc(C2CCN(C(=O)c3ccc(C)c(NC(=O)c4ccccc4OC)c3)CC2)cc1. The molecule has 1 heterocycles. The van der Waals surface area contributed by atoms with Gasteiger partial charge in [-0.3, -0.25) is 9.59 Å². The van der Waals surface area contributed by atoms with E-state index in [9.17, 15) is 9.59 Å². The first kappa shape index (κ1) is 23.6. The first-order valence-electron chi connectivity index (χ1n) is 11.9. The minimum absolute atomic E-state index is 0.00701. The Morgan fingerprint density at radius 1 is 1.00 bits per heavy atom. The Bertz CT molecular complexity index is 1160. The largest absolute Gasteiger partial charge is 0.496 e. The molecule has 0 atom stereocenters.